The van der Waals surface area contributed by atoms with Crippen molar-refractivity contribution >= 4 is 29.7 Å². The number of hydrogen-bond donors (Lipinski definition) is 1. The Morgan fingerprint density at radius 3 is 2.68 bits per heavy atom. The predicted molar refractivity (Wildman–Crippen MR) is 93.2 cm³/mol. The van der Waals surface area contributed by atoms with E-state index in [-0.39, 0.29) is 18.3 Å². The molecule has 0 spiro atoms. The normalized spacial score (nSPS) is 25.1. The van der Waals surface area contributed by atoms with Gasteiger partial charge in [0.1, 0.15) is 0 Å². The molecule has 1 unspecified atom stereocenters. The molecule has 5 heteroatoms. The monoisotopic (exact) mass is 340 g/mol. The highest BCUT2D eigenvalue weighted by Gasteiger charge is 2.31. The third kappa shape index (κ3) is 3.06. The van der Waals surface area contributed by atoms with Gasteiger partial charge in [0.2, 0.25) is 0 Å². The standard InChI is InChI=1S/C17H24N2OS.ClH/c20-17(16-11-13-3-1-5-15(13)21-16)19-9-6-12(7-10-19)14-4-2-8-18-14;/h11-12,14,18H,1-10H2;1H. The highest BCUT2D eigenvalue weighted by atomic mass is 35.5. The molecule has 122 valence electrons. The number of amides is 1. The summed E-state index contributed by atoms with van der Waals surface area (Å²) in [5, 5.41) is 3.63. The Morgan fingerprint density at radius 2 is 2.00 bits per heavy atom. The van der Waals surface area contributed by atoms with Crippen LogP contribution in [0.1, 0.15) is 52.2 Å². The number of carbonyl (C=O) groups is 1. The number of hydrogen-bond acceptors (Lipinski definition) is 3. The molecule has 0 bridgehead atoms. The van der Waals surface area contributed by atoms with Crippen LogP contribution in [0, 0.1) is 5.92 Å². The van der Waals surface area contributed by atoms with Crippen molar-refractivity contribution in [3.63, 3.8) is 0 Å². The molecular weight excluding hydrogens is 316 g/mol. The van der Waals surface area contributed by atoms with E-state index >= 15 is 0 Å². The summed E-state index contributed by atoms with van der Waals surface area (Å²) in [5.41, 5.74) is 1.44. The molecule has 1 aliphatic carbocycles. The van der Waals surface area contributed by atoms with Crippen molar-refractivity contribution in [2.24, 2.45) is 5.92 Å². The molecule has 0 aromatic carbocycles. The second kappa shape index (κ2) is 6.90. The van der Waals surface area contributed by atoms with Crippen LogP contribution in [-0.4, -0.2) is 36.5 Å². The van der Waals surface area contributed by atoms with E-state index in [4.69, 9.17) is 0 Å². The predicted octanol–water partition coefficient (Wildman–Crippen LogP) is 3.26. The topological polar surface area (TPSA) is 32.3 Å². The van der Waals surface area contributed by atoms with Crippen LogP contribution in [0.25, 0.3) is 0 Å². The van der Waals surface area contributed by atoms with Gasteiger partial charge >= 0.3 is 0 Å². The maximum atomic E-state index is 12.7. The first kappa shape index (κ1) is 16.3. The van der Waals surface area contributed by atoms with Crippen LogP contribution in [0.3, 0.4) is 0 Å². The van der Waals surface area contributed by atoms with Crippen LogP contribution < -0.4 is 5.32 Å². The van der Waals surface area contributed by atoms with Gasteiger partial charge in [-0.05, 0) is 69.0 Å². The highest BCUT2D eigenvalue weighted by Crippen LogP contribution is 2.32. The van der Waals surface area contributed by atoms with Gasteiger partial charge in [-0.2, -0.15) is 0 Å². The van der Waals surface area contributed by atoms with Gasteiger partial charge in [0.15, 0.2) is 0 Å². The molecule has 3 heterocycles. The maximum Gasteiger partial charge on any atom is 0.263 e. The van der Waals surface area contributed by atoms with Crippen LogP contribution in [0.15, 0.2) is 6.07 Å². The van der Waals surface area contributed by atoms with Gasteiger partial charge in [0, 0.05) is 24.0 Å². The van der Waals surface area contributed by atoms with Gasteiger partial charge in [0.05, 0.1) is 4.88 Å². The SMILES string of the molecule is Cl.O=C(c1cc2c(s1)CCC2)N1CCC(C2CCCN2)CC1. The Bertz CT molecular complexity index is 509. The average Bonchev–Trinajstić information content (AvgIpc) is 3.23. The third-order valence-electron chi connectivity index (χ3n) is 5.45. The van der Waals surface area contributed by atoms with E-state index in [1.165, 1.54) is 61.9 Å². The first-order valence-electron chi connectivity index (χ1n) is 8.45. The summed E-state index contributed by atoms with van der Waals surface area (Å²) >= 11 is 1.75. The summed E-state index contributed by atoms with van der Waals surface area (Å²) in [6.45, 7) is 3.08. The van der Waals surface area contributed by atoms with Crippen molar-refractivity contribution in [2.75, 3.05) is 19.6 Å². The minimum atomic E-state index is 0. The molecule has 4 rings (SSSR count). The van der Waals surface area contributed by atoms with Gasteiger partial charge < -0.3 is 10.2 Å². The minimum Gasteiger partial charge on any atom is -0.338 e. The van der Waals surface area contributed by atoms with Crippen molar-refractivity contribution in [3.05, 3.63) is 21.4 Å². The number of piperidine rings is 1. The first-order chi connectivity index (χ1) is 10.3. The molecule has 3 aliphatic rings. The Labute approximate surface area is 142 Å². The summed E-state index contributed by atoms with van der Waals surface area (Å²) < 4.78 is 0. The minimum absolute atomic E-state index is 0. The fourth-order valence-corrected chi connectivity index (χ4v) is 5.43. The van der Waals surface area contributed by atoms with Crippen molar-refractivity contribution < 1.29 is 4.79 Å². The van der Waals surface area contributed by atoms with E-state index in [0.29, 0.717) is 6.04 Å². The molecule has 1 amide bonds. The summed E-state index contributed by atoms with van der Waals surface area (Å²) in [6.07, 6.45) is 8.64. The Hall–Kier alpha value is -0.580. The molecule has 0 saturated carbocycles. The number of likely N-dealkylation sites (tertiary alicyclic amines) is 1. The lowest BCUT2D eigenvalue weighted by molar-refractivity contribution is 0.0679. The number of thiophene rings is 1. The molecule has 2 aliphatic heterocycles. The number of rotatable bonds is 2. The molecular formula is C17H25ClN2OS. The number of carbonyl (C=O) groups excluding carboxylic acids is 1. The van der Waals surface area contributed by atoms with E-state index in [1.54, 1.807) is 11.3 Å². The lowest BCUT2D eigenvalue weighted by Crippen LogP contribution is -2.43. The molecule has 3 nitrogen and oxygen atoms in total. The number of nitrogens with one attached hydrogen (secondary N) is 1. The van der Waals surface area contributed by atoms with Crippen LogP contribution in [0.5, 0.6) is 0 Å². The van der Waals surface area contributed by atoms with Crippen molar-refractivity contribution in [1.82, 2.24) is 10.2 Å². The van der Waals surface area contributed by atoms with E-state index in [0.717, 1.165) is 23.9 Å². The van der Waals surface area contributed by atoms with Crippen molar-refractivity contribution in [3.8, 4) is 0 Å². The lowest BCUT2D eigenvalue weighted by atomic mass is 9.88. The Morgan fingerprint density at radius 1 is 1.18 bits per heavy atom. The van der Waals surface area contributed by atoms with E-state index in [9.17, 15) is 4.79 Å². The number of aryl methyl sites for hydroxylation is 2. The van der Waals surface area contributed by atoms with Gasteiger partial charge in [-0.15, -0.1) is 23.7 Å². The van der Waals surface area contributed by atoms with Crippen molar-refractivity contribution in [2.45, 2.75) is 51.0 Å². The average molecular weight is 341 g/mol. The summed E-state index contributed by atoms with van der Waals surface area (Å²) in [5.74, 6) is 1.07. The lowest BCUT2D eigenvalue weighted by Gasteiger charge is -2.34. The zero-order valence-corrected chi connectivity index (χ0v) is 14.6. The molecule has 2 saturated heterocycles. The summed E-state index contributed by atoms with van der Waals surface area (Å²) in [4.78, 5) is 17.2. The van der Waals surface area contributed by atoms with Gasteiger partial charge in [-0.25, -0.2) is 0 Å². The Balaban J connectivity index is 0.00000144. The second-order valence-corrected chi connectivity index (χ2v) is 7.88. The van der Waals surface area contributed by atoms with Crippen LogP contribution in [0.2, 0.25) is 0 Å². The zero-order valence-electron chi connectivity index (χ0n) is 13.0. The van der Waals surface area contributed by atoms with E-state index < -0.39 is 0 Å². The van der Waals surface area contributed by atoms with Gasteiger partial charge in [0.25, 0.3) is 5.91 Å². The number of fused-ring (bicyclic) bond motifs is 1. The molecule has 22 heavy (non-hydrogen) atoms. The van der Waals surface area contributed by atoms with Crippen molar-refractivity contribution in [1.29, 1.82) is 0 Å². The van der Waals surface area contributed by atoms with Gasteiger partial charge in [-0.3, -0.25) is 4.79 Å². The molecule has 1 N–H and O–H groups in total. The van der Waals surface area contributed by atoms with Crippen LogP contribution >= 0.6 is 23.7 Å². The molecule has 1 aromatic heterocycles. The first-order valence-corrected chi connectivity index (χ1v) is 9.27. The smallest absolute Gasteiger partial charge is 0.263 e. The summed E-state index contributed by atoms with van der Waals surface area (Å²) in [7, 11) is 0. The fourth-order valence-electron chi connectivity index (χ4n) is 4.21. The third-order valence-corrected chi connectivity index (χ3v) is 6.68. The largest absolute Gasteiger partial charge is 0.338 e. The van der Waals surface area contributed by atoms with Gasteiger partial charge in [-0.1, -0.05) is 0 Å². The Kier molecular flexibility index (Phi) is 5.10. The molecule has 1 atom stereocenters. The summed E-state index contributed by atoms with van der Waals surface area (Å²) in [6, 6.07) is 2.88. The molecule has 0 radical (unpaired) electrons. The van der Waals surface area contributed by atoms with Crippen LogP contribution in [-0.2, 0) is 12.8 Å². The molecule has 2 fully saturated rings. The fraction of sp³-hybridized carbons (Fsp3) is 0.706. The number of nitrogens with zero attached hydrogens (tertiary/aromatic N) is 1. The maximum absolute atomic E-state index is 12.7. The highest BCUT2D eigenvalue weighted by molar-refractivity contribution is 7.14. The zero-order chi connectivity index (χ0) is 14.2. The second-order valence-electron chi connectivity index (χ2n) is 6.75. The number of halogens is 1. The van der Waals surface area contributed by atoms with Crippen LogP contribution in [0.4, 0.5) is 0 Å². The van der Waals surface area contributed by atoms with E-state index in [1.807, 2.05) is 0 Å². The molecule has 1 aromatic rings. The quantitative estimate of drug-likeness (QED) is 0.896. The van der Waals surface area contributed by atoms with E-state index in [2.05, 4.69) is 16.3 Å².